The molecule has 0 aromatic rings. The molecule has 16 heavy (non-hydrogen) atoms. The summed E-state index contributed by atoms with van der Waals surface area (Å²) in [5.41, 5.74) is 11.0. The summed E-state index contributed by atoms with van der Waals surface area (Å²) >= 11 is 0. The Balaban J connectivity index is 2.61. The first-order valence-electron chi connectivity index (χ1n) is 5.72. The minimum Gasteiger partial charge on any atom is -0.368 e. The summed E-state index contributed by atoms with van der Waals surface area (Å²) in [6, 6.07) is 0.0877. The highest BCUT2D eigenvalue weighted by Gasteiger charge is 2.34. The second-order valence-corrected chi connectivity index (χ2v) is 4.72. The number of carbonyl (C=O) groups excluding carboxylic acids is 2. The van der Waals surface area contributed by atoms with Crippen LogP contribution in [0.2, 0.25) is 0 Å². The smallest absolute Gasteiger partial charge is 0.237 e. The molecule has 0 saturated heterocycles. The highest BCUT2D eigenvalue weighted by molar-refractivity contribution is 5.85. The van der Waals surface area contributed by atoms with E-state index in [2.05, 4.69) is 0 Å². The van der Waals surface area contributed by atoms with Crippen LogP contribution < -0.4 is 11.5 Å². The molecule has 1 rings (SSSR count). The van der Waals surface area contributed by atoms with Crippen LogP contribution in [-0.2, 0) is 9.59 Å². The van der Waals surface area contributed by atoms with Crippen molar-refractivity contribution in [3.05, 3.63) is 0 Å². The van der Waals surface area contributed by atoms with E-state index in [0.29, 0.717) is 0 Å². The van der Waals surface area contributed by atoms with Crippen LogP contribution in [0.4, 0.5) is 0 Å². The summed E-state index contributed by atoms with van der Waals surface area (Å²) in [5.74, 6) is -0.380. The number of nitrogens with zero attached hydrogens (tertiary/aromatic N) is 1. The Morgan fingerprint density at radius 3 is 2.56 bits per heavy atom. The van der Waals surface area contributed by atoms with Gasteiger partial charge in [0.05, 0.1) is 6.54 Å². The van der Waals surface area contributed by atoms with Crippen LogP contribution in [0.25, 0.3) is 0 Å². The lowest BCUT2D eigenvalue weighted by molar-refractivity contribution is -0.140. The van der Waals surface area contributed by atoms with Crippen molar-refractivity contribution in [3.8, 4) is 0 Å². The maximum absolute atomic E-state index is 12.1. The zero-order chi connectivity index (χ0) is 12.3. The Kier molecular flexibility index (Phi) is 4.29. The Bertz CT molecular complexity index is 280. The van der Waals surface area contributed by atoms with Crippen LogP contribution in [0.15, 0.2) is 0 Å². The Morgan fingerprint density at radius 2 is 2.00 bits per heavy atom. The summed E-state index contributed by atoms with van der Waals surface area (Å²) in [6.45, 7) is 1.99. The van der Waals surface area contributed by atoms with Gasteiger partial charge < -0.3 is 16.4 Å². The second kappa shape index (κ2) is 5.30. The van der Waals surface area contributed by atoms with Gasteiger partial charge in [0, 0.05) is 19.0 Å². The number of hydrogen-bond donors (Lipinski definition) is 2. The molecule has 5 nitrogen and oxygen atoms in total. The highest BCUT2D eigenvalue weighted by atomic mass is 16.2. The maximum atomic E-state index is 12.1. The molecular formula is C11H21N3O2. The fourth-order valence-electron chi connectivity index (χ4n) is 2.34. The maximum Gasteiger partial charge on any atom is 0.237 e. The number of amides is 2. The molecular weight excluding hydrogens is 206 g/mol. The quantitative estimate of drug-likeness (QED) is 0.693. The predicted octanol–water partition coefficient (Wildman–Crippen LogP) is -0.306. The van der Waals surface area contributed by atoms with Gasteiger partial charge in [-0.2, -0.15) is 0 Å². The molecule has 3 unspecified atom stereocenters. The third-order valence-corrected chi connectivity index (χ3v) is 3.45. The van der Waals surface area contributed by atoms with Crippen LogP contribution >= 0.6 is 0 Å². The Morgan fingerprint density at radius 1 is 1.38 bits per heavy atom. The van der Waals surface area contributed by atoms with Crippen LogP contribution in [0.5, 0.6) is 0 Å². The summed E-state index contributed by atoms with van der Waals surface area (Å²) in [6.07, 6.45) is 2.81. The number of likely N-dealkylation sites (N-methyl/N-ethyl adjacent to an activating group) is 1. The first-order valence-corrected chi connectivity index (χ1v) is 5.72. The number of rotatable bonds is 3. The summed E-state index contributed by atoms with van der Waals surface area (Å²) in [7, 11) is 1.61. The van der Waals surface area contributed by atoms with Gasteiger partial charge in [-0.15, -0.1) is 0 Å². The van der Waals surface area contributed by atoms with Crippen LogP contribution in [0.1, 0.15) is 26.2 Å². The molecule has 0 aromatic heterocycles. The van der Waals surface area contributed by atoms with E-state index >= 15 is 0 Å². The molecule has 1 fully saturated rings. The number of carbonyl (C=O) groups is 2. The lowest BCUT2D eigenvalue weighted by Gasteiger charge is -2.34. The minimum atomic E-state index is -0.483. The third kappa shape index (κ3) is 2.95. The SMILES string of the molecule is CC1C(N)CCCC1C(=O)N(C)CC(N)=O. The third-order valence-electron chi connectivity index (χ3n) is 3.45. The topological polar surface area (TPSA) is 89.4 Å². The van der Waals surface area contributed by atoms with Gasteiger partial charge in [0.1, 0.15) is 0 Å². The lowest BCUT2D eigenvalue weighted by Crippen LogP contribution is -2.46. The van der Waals surface area contributed by atoms with E-state index < -0.39 is 5.91 Å². The molecule has 5 heteroatoms. The normalized spacial score (nSPS) is 29.8. The summed E-state index contributed by atoms with van der Waals surface area (Å²) < 4.78 is 0. The Hall–Kier alpha value is -1.10. The van der Waals surface area contributed by atoms with Gasteiger partial charge in [-0.3, -0.25) is 9.59 Å². The average molecular weight is 227 g/mol. The van der Waals surface area contributed by atoms with E-state index in [1.165, 1.54) is 4.90 Å². The molecule has 0 spiro atoms. The minimum absolute atomic E-state index is 0.0125. The summed E-state index contributed by atoms with van der Waals surface area (Å²) in [5, 5.41) is 0. The molecule has 3 atom stereocenters. The highest BCUT2D eigenvalue weighted by Crippen LogP contribution is 2.30. The molecule has 0 aliphatic heterocycles. The number of hydrogen-bond acceptors (Lipinski definition) is 3. The van der Waals surface area contributed by atoms with E-state index in [1.807, 2.05) is 6.92 Å². The fourth-order valence-corrected chi connectivity index (χ4v) is 2.34. The first-order chi connectivity index (χ1) is 7.43. The van der Waals surface area contributed by atoms with Crippen LogP contribution in [0.3, 0.4) is 0 Å². The van der Waals surface area contributed by atoms with E-state index in [-0.39, 0.29) is 30.3 Å². The van der Waals surface area contributed by atoms with Crippen molar-refractivity contribution in [2.24, 2.45) is 23.3 Å². The zero-order valence-electron chi connectivity index (χ0n) is 9.98. The second-order valence-electron chi connectivity index (χ2n) is 4.72. The van der Waals surface area contributed by atoms with Crippen molar-refractivity contribution in [1.82, 2.24) is 4.90 Å². The van der Waals surface area contributed by atoms with E-state index in [9.17, 15) is 9.59 Å². The lowest BCUT2D eigenvalue weighted by atomic mass is 9.76. The molecule has 0 radical (unpaired) electrons. The van der Waals surface area contributed by atoms with E-state index in [1.54, 1.807) is 7.05 Å². The molecule has 1 aliphatic rings. The molecule has 1 saturated carbocycles. The van der Waals surface area contributed by atoms with E-state index in [4.69, 9.17) is 11.5 Å². The summed E-state index contributed by atoms with van der Waals surface area (Å²) in [4.78, 5) is 24.2. The van der Waals surface area contributed by atoms with E-state index in [0.717, 1.165) is 19.3 Å². The van der Waals surface area contributed by atoms with Gasteiger partial charge >= 0.3 is 0 Å². The predicted molar refractivity (Wildman–Crippen MR) is 61.3 cm³/mol. The van der Waals surface area contributed by atoms with Crippen molar-refractivity contribution in [2.75, 3.05) is 13.6 Å². The zero-order valence-corrected chi connectivity index (χ0v) is 9.98. The number of nitrogens with two attached hydrogens (primary N) is 2. The van der Waals surface area contributed by atoms with Gasteiger partial charge in [0.25, 0.3) is 0 Å². The fraction of sp³-hybridized carbons (Fsp3) is 0.818. The average Bonchev–Trinajstić information content (AvgIpc) is 2.20. The van der Waals surface area contributed by atoms with Crippen molar-refractivity contribution < 1.29 is 9.59 Å². The Labute approximate surface area is 96.1 Å². The van der Waals surface area contributed by atoms with Gasteiger partial charge in [-0.25, -0.2) is 0 Å². The molecule has 4 N–H and O–H groups in total. The van der Waals surface area contributed by atoms with Crippen LogP contribution in [0, 0.1) is 11.8 Å². The molecule has 0 bridgehead atoms. The molecule has 1 aliphatic carbocycles. The van der Waals surface area contributed by atoms with Crippen molar-refractivity contribution in [3.63, 3.8) is 0 Å². The van der Waals surface area contributed by atoms with Crippen LogP contribution in [-0.4, -0.2) is 36.3 Å². The van der Waals surface area contributed by atoms with Crippen molar-refractivity contribution in [1.29, 1.82) is 0 Å². The standard InChI is InChI=1S/C11H21N3O2/c1-7-8(4-3-5-9(7)12)11(16)14(2)6-10(13)15/h7-9H,3-6,12H2,1-2H3,(H2,13,15). The van der Waals surface area contributed by atoms with Crippen molar-refractivity contribution >= 4 is 11.8 Å². The van der Waals surface area contributed by atoms with Gasteiger partial charge in [0.2, 0.25) is 11.8 Å². The van der Waals surface area contributed by atoms with Gasteiger partial charge in [0.15, 0.2) is 0 Å². The number of primary amides is 1. The monoisotopic (exact) mass is 227 g/mol. The molecule has 0 heterocycles. The van der Waals surface area contributed by atoms with Gasteiger partial charge in [-0.1, -0.05) is 13.3 Å². The molecule has 2 amide bonds. The largest absolute Gasteiger partial charge is 0.368 e. The first kappa shape index (κ1) is 13.0. The molecule has 0 aromatic carbocycles. The van der Waals surface area contributed by atoms with Gasteiger partial charge in [-0.05, 0) is 18.8 Å². The van der Waals surface area contributed by atoms with Crippen molar-refractivity contribution in [2.45, 2.75) is 32.2 Å². The molecule has 92 valence electrons.